The summed E-state index contributed by atoms with van der Waals surface area (Å²) < 4.78 is 68.0. The molecule has 3 aromatic heterocycles. The summed E-state index contributed by atoms with van der Waals surface area (Å²) in [6.07, 6.45) is 0. The molecule has 0 bridgehead atoms. The Balaban J connectivity index is 0.958. The van der Waals surface area contributed by atoms with Crippen LogP contribution in [0.25, 0.3) is 149 Å². The van der Waals surface area contributed by atoms with Crippen LogP contribution in [-0.2, 0) is 21.7 Å². The van der Waals surface area contributed by atoms with Gasteiger partial charge in [-0.3, -0.25) is 0 Å². The number of hydrogen-bond donors (Lipinski definition) is 0. The fourth-order valence-corrected chi connectivity index (χ4v) is 20.4. The molecule has 22 rings (SSSR count). The highest BCUT2D eigenvalue weighted by Crippen LogP contribution is 2.56. The summed E-state index contributed by atoms with van der Waals surface area (Å²) in [6, 6.07) is 122. The van der Waals surface area contributed by atoms with E-state index in [1.807, 2.05) is 20.8 Å². The highest BCUT2D eigenvalue weighted by atomic mass is 15.2. The first-order chi connectivity index (χ1) is 64.8. The summed E-state index contributed by atoms with van der Waals surface area (Å²) in [5.41, 5.74) is 30.8. The van der Waals surface area contributed by atoms with Crippen molar-refractivity contribution in [2.75, 3.05) is 9.80 Å². The molecule has 5 heterocycles. The van der Waals surface area contributed by atoms with E-state index in [1.165, 1.54) is 16.7 Å². The van der Waals surface area contributed by atoms with E-state index in [9.17, 15) is 13.5 Å². The van der Waals surface area contributed by atoms with Gasteiger partial charge < -0.3 is 23.5 Å². The Morgan fingerprint density at radius 1 is 0.295 bits per heavy atom. The van der Waals surface area contributed by atoms with E-state index in [0.29, 0.717) is 11.3 Å². The van der Waals surface area contributed by atoms with Gasteiger partial charge in [0.25, 0.3) is 6.71 Å². The molecule has 0 atom stereocenters. The van der Waals surface area contributed by atoms with Crippen LogP contribution in [0.4, 0.5) is 34.1 Å². The maximum Gasteiger partial charge on any atom is 0.252 e. The van der Waals surface area contributed by atoms with Gasteiger partial charge in [0.1, 0.15) is 0 Å². The molecule has 0 aliphatic carbocycles. The Hall–Kier alpha value is -14.7. The van der Waals surface area contributed by atoms with Crippen LogP contribution in [0.5, 0.6) is 0 Å². The molecule has 0 N–H and O–H groups in total. The number of hydrogen-bond acceptors (Lipinski definition) is 3. The molecule has 0 amide bonds. The van der Waals surface area contributed by atoms with Crippen LogP contribution in [0.15, 0.2) is 364 Å². The van der Waals surface area contributed by atoms with E-state index in [2.05, 4.69) is 429 Å². The van der Waals surface area contributed by atoms with Gasteiger partial charge >= 0.3 is 0 Å². The second-order valence-corrected chi connectivity index (χ2v) is 39.7. The van der Waals surface area contributed by atoms with Crippen molar-refractivity contribution >= 4 is 123 Å². The molecular formula is C122H103BN6. The van der Waals surface area contributed by atoms with Gasteiger partial charge in [0.2, 0.25) is 0 Å². The highest BCUT2D eigenvalue weighted by molar-refractivity contribution is 7.00. The lowest BCUT2D eigenvalue weighted by Crippen LogP contribution is -2.61. The van der Waals surface area contributed by atoms with Gasteiger partial charge in [0.15, 0.2) is 0 Å². The normalized spacial score (nSPS) is 13.6. The molecule has 2 aliphatic rings. The van der Waals surface area contributed by atoms with Crippen molar-refractivity contribution in [1.29, 1.82) is 5.26 Å². The number of anilines is 6. The smallest absolute Gasteiger partial charge is 0.252 e. The third kappa shape index (κ3) is 13.3. The number of fused-ring (bicyclic) bond motifs is 13. The average Bonchev–Trinajstić information content (AvgIpc) is 1.66. The van der Waals surface area contributed by atoms with Gasteiger partial charge in [0, 0.05) is 94.4 Å². The minimum atomic E-state index is -0.833. The second kappa shape index (κ2) is 30.3. The second-order valence-electron chi connectivity index (χ2n) is 39.7. The average molecular weight is 1670 g/mol. The molecule has 17 aromatic carbocycles. The van der Waals surface area contributed by atoms with Gasteiger partial charge in [-0.1, -0.05) is 346 Å². The Bertz CT molecular complexity index is 8350. The molecule has 0 spiro atoms. The van der Waals surface area contributed by atoms with Crippen molar-refractivity contribution in [3.8, 4) is 89.9 Å². The Morgan fingerprint density at radius 2 is 0.744 bits per heavy atom. The van der Waals surface area contributed by atoms with Crippen LogP contribution >= 0.6 is 0 Å². The first kappa shape index (κ1) is 73.5. The van der Waals surface area contributed by atoms with E-state index >= 15 is 0 Å². The molecule has 0 saturated carbocycles. The van der Waals surface area contributed by atoms with Crippen LogP contribution in [-0.4, -0.2) is 20.4 Å². The van der Waals surface area contributed by atoms with Gasteiger partial charge in [-0.05, 0) is 231 Å². The standard InChI is InChI=1S/C122H103BN6/c1-76(2)78-32-25-33-80(65-78)94-47-29-50-97(83-36-28-39-88(68-83)121(9,10)11)118(94)129-112-74-92(127-107-60-54-77(75-124)64-100(107)102-73-89(122(12,13)14)57-63-109(102)127)58-59-103(112)123-104-70-84(93-46-31-53-111-115(93)99-45-22-24-52-106(99)126(111)91-42-19-16-20-43-91)56-62-110(104)128(117-95(81-34-26-37-86(66-81)119(3,4)5)48-30-49-96(117)82-35-27-38-87(67-82)120(6,7)8)113-71-85(72-114(129)116(113)123)79-55-61-108-101(69-79)98-44-21-23-51-105(98)125(108)90-40-17-15-18-41-90/h15-74,76H,1-14H3/i54D,57D,60D,63D,64D,73D. The van der Waals surface area contributed by atoms with Crippen LogP contribution < -0.4 is 26.2 Å². The third-order valence-corrected chi connectivity index (χ3v) is 27.0. The van der Waals surface area contributed by atoms with E-state index in [1.54, 1.807) is 4.57 Å². The lowest BCUT2D eigenvalue weighted by Gasteiger charge is -2.46. The van der Waals surface area contributed by atoms with Crippen molar-refractivity contribution in [3.05, 3.63) is 397 Å². The zero-order chi connectivity index (χ0) is 93.6. The summed E-state index contributed by atoms with van der Waals surface area (Å²) in [5.74, 6) is 0.160. The van der Waals surface area contributed by atoms with Gasteiger partial charge in [-0.25, -0.2) is 0 Å². The van der Waals surface area contributed by atoms with Crippen LogP contribution in [0.2, 0.25) is 0 Å². The molecule has 624 valence electrons. The molecule has 2 aliphatic heterocycles. The first-order valence-electron chi connectivity index (χ1n) is 48.2. The summed E-state index contributed by atoms with van der Waals surface area (Å²) in [6.45, 7) is 30.3. The quantitative estimate of drug-likeness (QED) is 0.115. The van der Waals surface area contributed by atoms with Crippen molar-refractivity contribution in [3.63, 3.8) is 0 Å². The van der Waals surface area contributed by atoms with Crippen molar-refractivity contribution in [2.45, 2.75) is 125 Å². The Labute approximate surface area is 766 Å². The number of para-hydroxylation sites is 6. The van der Waals surface area contributed by atoms with E-state index < -0.39 is 18.2 Å². The van der Waals surface area contributed by atoms with Crippen LogP contribution in [0.3, 0.4) is 0 Å². The first-order valence-corrected chi connectivity index (χ1v) is 45.2. The molecule has 20 aromatic rings. The summed E-state index contributed by atoms with van der Waals surface area (Å²) in [4.78, 5) is 5.17. The molecule has 0 unspecified atom stereocenters. The van der Waals surface area contributed by atoms with Gasteiger partial charge in [-0.2, -0.15) is 5.26 Å². The van der Waals surface area contributed by atoms with Crippen molar-refractivity contribution in [1.82, 2.24) is 13.7 Å². The lowest BCUT2D eigenvalue weighted by atomic mass is 9.33. The fourth-order valence-electron chi connectivity index (χ4n) is 20.4. The third-order valence-electron chi connectivity index (χ3n) is 27.0. The van der Waals surface area contributed by atoms with Crippen molar-refractivity contribution < 1.29 is 8.22 Å². The molecule has 7 heteroatoms. The number of aromatic nitrogens is 3. The predicted molar refractivity (Wildman–Crippen MR) is 550 cm³/mol. The monoisotopic (exact) mass is 1670 g/mol. The number of rotatable bonds is 12. The molecule has 0 saturated heterocycles. The van der Waals surface area contributed by atoms with Gasteiger partial charge in [0.05, 0.1) is 64.3 Å². The molecule has 0 radical (unpaired) electrons. The van der Waals surface area contributed by atoms with Crippen molar-refractivity contribution in [2.24, 2.45) is 0 Å². The SMILES string of the molecule is [2H]c1c(C#N)c([2H])c2c3c([2H])c(C(C)(C)C)c([2H])c([2H])c3n(-c3ccc4c(c3)N(c3c(-c5cccc(C(C)C)c5)cccc3-c3cccc(C(C)(C)C)c3)c3cc(-c5ccc6c(c5)c5ccccc5n6-c5ccccc5)cc5c3B4c3cc(-c4cccc6c4c4ccccc4n6-c4ccccc4)ccc3N5c3c(-c4cccc(C(C)(C)C)c4)cccc3-c3cccc(C(C)(C)C)c3)c2c1[2H]. The summed E-state index contributed by atoms with van der Waals surface area (Å²) in [7, 11) is 0. The minimum absolute atomic E-state index is 0.0686. The zero-order valence-electron chi connectivity index (χ0n) is 81.5. The van der Waals surface area contributed by atoms with Crippen LogP contribution in [0.1, 0.15) is 144 Å². The maximum atomic E-state index is 11.1. The summed E-state index contributed by atoms with van der Waals surface area (Å²) in [5, 5.41) is 15.8. The number of nitriles is 1. The predicted octanol–water partition coefficient (Wildman–Crippen LogP) is 31.2. The largest absolute Gasteiger partial charge is 0.310 e. The molecule has 6 nitrogen and oxygen atoms in total. The maximum absolute atomic E-state index is 11.1. The Kier molecular flexibility index (Phi) is 17.2. The molecule has 0 fully saturated rings. The minimum Gasteiger partial charge on any atom is -0.310 e. The number of nitrogens with zero attached hydrogens (tertiary/aromatic N) is 6. The van der Waals surface area contributed by atoms with E-state index in [-0.39, 0.29) is 79.7 Å². The lowest BCUT2D eigenvalue weighted by molar-refractivity contribution is 0.590. The number of benzene rings is 17. The summed E-state index contributed by atoms with van der Waals surface area (Å²) >= 11 is 0. The Morgan fingerprint density at radius 3 is 1.31 bits per heavy atom. The highest BCUT2D eigenvalue weighted by Gasteiger charge is 2.47. The topological polar surface area (TPSA) is 45.1 Å². The van der Waals surface area contributed by atoms with Gasteiger partial charge in [-0.15, -0.1) is 0 Å². The van der Waals surface area contributed by atoms with E-state index in [4.69, 9.17) is 0 Å². The zero-order valence-corrected chi connectivity index (χ0v) is 75.5. The van der Waals surface area contributed by atoms with E-state index in [0.717, 1.165) is 178 Å². The molecular weight excluding hydrogens is 1560 g/mol. The van der Waals surface area contributed by atoms with Crippen LogP contribution in [0, 0.1) is 11.3 Å². The molecule has 129 heavy (non-hydrogen) atoms. The fraction of sp³-hybridized carbons (Fsp3) is 0.156.